The van der Waals surface area contributed by atoms with E-state index in [4.69, 9.17) is 10.5 Å². The molecule has 1 aliphatic rings. The number of piperidine rings is 1. The summed E-state index contributed by atoms with van der Waals surface area (Å²) in [6, 6.07) is 7.33. The van der Waals surface area contributed by atoms with Crippen LogP contribution in [-0.4, -0.2) is 46.7 Å². The first-order valence-electron chi connectivity index (χ1n) is 9.64. The third kappa shape index (κ3) is 6.17. The summed E-state index contributed by atoms with van der Waals surface area (Å²) in [6.45, 7) is 10.3. The summed E-state index contributed by atoms with van der Waals surface area (Å²) in [5.41, 5.74) is 6.44. The lowest BCUT2D eigenvalue weighted by Crippen LogP contribution is -2.42. The maximum atomic E-state index is 12.4. The van der Waals surface area contributed by atoms with Crippen LogP contribution in [0.15, 0.2) is 24.3 Å². The van der Waals surface area contributed by atoms with Crippen LogP contribution in [0.3, 0.4) is 0 Å². The third-order valence-corrected chi connectivity index (χ3v) is 5.27. The molecule has 0 bridgehead atoms. The lowest BCUT2D eigenvalue weighted by atomic mass is 9.94. The van der Waals surface area contributed by atoms with E-state index in [0.717, 1.165) is 38.2 Å². The monoisotopic (exact) mass is 403 g/mol. The van der Waals surface area contributed by atoms with Crippen LogP contribution in [0.4, 0.5) is 5.13 Å². The van der Waals surface area contributed by atoms with Crippen molar-refractivity contribution >= 4 is 22.4 Å². The quantitative estimate of drug-likeness (QED) is 0.770. The highest BCUT2D eigenvalue weighted by atomic mass is 32.1. The molecule has 3 rings (SSSR count). The van der Waals surface area contributed by atoms with Gasteiger partial charge < -0.3 is 20.7 Å². The molecule has 2 aromatic rings. The number of ether oxygens (including phenoxy) is 1. The van der Waals surface area contributed by atoms with Crippen molar-refractivity contribution in [2.75, 3.05) is 25.4 Å². The first-order chi connectivity index (χ1) is 13.3. The van der Waals surface area contributed by atoms with Crippen LogP contribution < -0.4 is 15.8 Å². The fraction of sp³-hybridized carbons (Fsp3) is 0.550. The van der Waals surface area contributed by atoms with Gasteiger partial charge in [-0.2, -0.15) is 0 Å². The molecule has 0 radical (unpaired) electrons. The van der Waals surface area contributed by atoms with E-state index in [0.29, 0.717) is 27.7 Å². The predicted molar refractivity (Wildman–Crippen MR) is 111 cm³/mol. The van der Waals surface area contributed by atoms with Gasteiger partial charge in [-0.15, -0.1) is 10.2 Å². The summed E-state index contributed by atoms with van der Waals surface area (Å²) in [6.07, 6.45) is 2.20. The molecule has 1 saturated heterocycles. The molecule has 1 aromatic carbocycles. The number of benzene rings is 1. The van der Waals surface area contributed by atoms with E-state index < -0.39 is 0 Å². The van der Waals surface area contributed by atoms with E-state index in [9.17, 15) is 4.79 Å². The SMILES string of the molecule is CC(C)(C)CN1CCC(Oc2cccc(C(=O)NCc3nnc(N)s3)c2)CC1. The van der Waals surface area contributed by atoms with Crippen molar-refractivity contribution < 1.29 is 9.53 Å². The number of carbonyl (C=O) groups excluding carboxylic acids is 1. The molecule has 8 heteroatoms. The number of hydrogen-bond acceptors (Lipinski definition) is 7. The molecule has 1 aromatic heterocycles. The number of likely N-dealkylation sites (tertiary alicyclic amines) is 1. The Morgan fingerprint density at radius 3 is 2.71 bits per heavy atom. The van der Waals surface area contributed by atoms with Gasteiger partial charge in [0.15, 0.2) is 0 Å². The van der Waals surface area contributed by atoms with E-state index in [1.807, 2.05) is 12.1 Å². The summed E-state index contributed by atoms with van der Waals surface area (Å²) in [7, 11) is 0. The smallest absolute Gasteiger partial charge is 0.251 e. The molecule has 1 fully saturated rings. The van der Waals surface area contributed by atoms with Gasteiger partial charge in [0.1, 0.15) is 16.9 Å². The molecular weight excluding hydrogens is 374 g/mol. The average Bonchev–Trinajstić information content (AvgIpc) is 3.06. The van der Waals surface area contributed by atoms with Crippen molar-refractivity contribution in [1.29, 1.82) is 0 Å². The van der Waals surface area contributed by atoms with Crippen LogP contribution in [0.2, 0.25) is 0 Å². The Hall–Kier alpha value is -2.19. The number of aromatic nitrogens is 2. The highest BCUT2D eigenvalue weighted by Gasteiger charge is 2.24. The number of rotatable bonds is 6. The molecule has 7 nitrogen and oxygen atoms in total. The van der Waals surface area contributed by atoms with Gasteiger partial charge in [0.2, 0.25) is 5.13 Å². The lowest BCUT2D eigenvalue weighted by Gasteiger charge is -2.36. The highest BCUT2D eigenvalue weighted by molar-refractivity contribution is 7.15. The standard InChI is InChI=1S/C20H29N5O2S/c1-20(2,3)13-25-9-7-15(8-10-25)27-16-6-4-5-14(11-16)18(26)22-12-17-23-24-19(21)28-17/h4-6,11,15H,7-10,12-13H2,1-3H3,(H2,21,24)(H,22,26). The van der Waals surface area contributed by atoms with E-state index in [1.165, 1.54) is 11.3 Å². The average molecular weight is 404 g/mol. The first-order valence-corrected chi connectivity index (χ1v) is 10.5. The minimum atomic E-state index is -0.167. The number of nitrogen functional groups attached to an aromatic ring is 1. The Morgan fingerprint density at radius 2 is 2.07 bits per heavy atom. The minimum absolute atomic E-state index is 0.167. The lowest BCUT2D eigenvalue weighted by molar-refractivity contribution is 0.0808. The number of nitrogens with two attached hydrogens (primary N) is 1. The van der Waals surface area contributed by atoms with Crippen LogP contribution in [0, 0.1) is 5.41 Å². The van der Waals surface area contributed by atoms with E-state index >= 15 is 0 Å². The first kappa shape index (κ1) is 20.5. The van der Waals surface area contributed by atoms with Crippen LogP contribution in [-0.2, 0) is 6.54 Å². The summed E-state index contributed by atoms with van der Waals surface area (Å²) in [4.78, 5) is 14.9. The maximum Gasteiger partial charge on any atom is 0.251 e. The zero-order valence-corrected chi connectivity index (χ0v) is 17.6. The fourth-order valence-electron chi connectivity index (χ4n) is 3.36. The number of amides is 1. The number of nitrogens with zero attached hydrogens (tertiary/aromatic N) is 3. The number of anilines is 1. The summed E-state index contributed by atoms with van der Waals surface area (Å²) < 4.78 is 6.15. The van der Waals surface area contributed by atoms with Crippen LogP contribution in [0.5, 0.6) is 5.75 Å². The van der Waals surface area contributed by atoms with Gasteiger partial charge >= 0.3 is 0 Å². The maximum absolute atomic E-state index is 12.4. The predicted octanol–water partition coefficient (Wildman–Crippen LogP) is 2.94. The Balaban J connectivity index is 1.50. The number of hydrogen-bond donors (Lipinski definition) is 2. The second-order valence-corrected chi connectivity index (χ2v) is 9.49. The molecule has 0 atom stereocenters. The minimum Gasteiger partial charge on any atom is -0.490 e. The van der Waals surface area contributed by atoms with E-state index in [1.54, 1.807) is 12.1 Å². The summed E-state index contributed by atoms with van der Waals surface area (Å²) in [5.74, 6) is 0.571. The van der Waals surface area contributed by atoms with Gasteiger partial charge in [0.25, 0.3) is 5.91 Å². The zero-order valence-electron chi connectivity index (χ0n) is 16.8. The molecule has 152 valence electrons. The molecule has 28 heavy (non-hydrogen) atoms. The molecule has 0 spiro atoms. The molecule has 3 N–H and O–H groups in total. The Labute approximate surface area is 170 Å². The Morgan fingerprint density at radius 1 is 1.32 bits per heavy atom. The topological polar surface area (TPSA) is 93.4 Å². The van der Waals surface area contributed by atoms with Crippen molar-refractivity contribution in [1.82, 2.24) is 20.4 Å². The molecule has 0 unspecified atom stereocenters. The zero-order chi connectivity index (χ0) is 20.1. The molecule has 1 aliphatic heterocycles. The van der Waals surface area contributed by atoms with Gasteiger partial charge in [0, 0.05) is 25.2 Å². The Bertz CT molecular complexity index is 794. The number of carbonyl (C=O) groups is 1. The van der Waals surface area contributed by atoms with Gasteiger partial charge in [-0.3, -0.25) is 4.79 Å². The largest absolute Gasteiger partial charge is 0.490 e. The second kappa shape index (κ2) is 8.87. The Kier molecular flexibility index (Phi) is 6.51. The van der Waals surface area contributed by atoms with Crippen molar-refractivity contribution in [3.63, 3.8) is 0 Å². The van der Waals surface area contributed by atoms with Gasteiger partial charge in [-0.1, -0.05) is 38.2 Å². The van der Waals surface area contributed by atoms with Crippen molar-refractivity contribution in [2.45, 2.75) is 46.3 Å². The normalized spacial score (nSPS) is 16.1. The van der Waals surface area contributed by atoms with Crippen molar-refractivity contribution in [3.8, 4) is 5.75 Å². The van der Waals surface area contributed by atoms with Crippen LogP contribution in [0.1, 0.15) is 49.0 Å². The van der Waals surface area contributed by atoms with E-state index in [2.05, 4.69) is 41.2 Å². The second-order valence-electron chi connectivity index (χ2n) is 8.40. The van der Waals surface area contributed by atoms with Crippen molar-refractivity contribution in [2.24, 2.45) is 5.41 Å². The summed E-state index contributed by atoms with van der Waals surface area (Å²) >= 11 is 1.27. The molecule has 2 heterocycles. The highest BCUT2D eigenvalue weighted by Crippen LogP contribution is 2.23. The van der Waals surface area contributed by atoms with Crippen LogP contribution in [0.25, 0.3) is 0 Å². The molecule has 1 amide bonds. The van der Waals surface area contributed by atoms with E-state index in [-0.39, 0.29) is 12.0 Å². The van der Waals surface area contributed by atoms with Gasteiger partial charge in [-0.25, -0.2) is 0 Å². The fourth-order valence-corrected chi connectivity index (χ4v) is 3.90. The van der Waals surface area contributed by atoms with Crippen molar-refractivity contribution in [3.05, 3.63) is 34.8 Å². The van der Waals surface area contributed by atoms with Crippen LogP contribution >= 0.6 is 11.3 Å². The summed E-state index contributed by atoms with van der Waals surface area (Å²) in [5, 5.41) is 11.6. The van der Waals surface area contributed by atoms with Gasteiger partial charge in [0.05, 0.1) is 6.54 Å². The number of nitrogens with one attached hydrogen (secondary N) is 1. The molecule has 0 saturated carbocycles. The third-order valence-electron chi connectivity index (χ3n) is 4.51. The molecular formula is C20H29N5O2S. The molecule has 0 aliphatic carbocycles. The van der Waals surface area contributed by atoms with Gasteiger partial charge in [-0.05, 0) is 36.5 Å².